The number of hydrogen-bond acceptors (Lipinski definition) is 5. The Balaban J connectivity index is 1.67. The fraction of sp³-hybridized carbons (Fsp3) is 0.333. The number of hydrogen-bond donors (Lipinski definition) is 1. The second kappa shape index (κ2) is 5.84. The molecule has 3 rings (SSSR count). The van der Waals surface area contributed by atoms with Gasteiger partial charge in [0.2, 0.25) is 5.91 Å². The Morgan fingerprint density at radius 3 is 2.86 bits per heavy atom. The molecule has 0 aliphatic rings. The highest BCUT2D eigenvalue weighted by atomic mass is 32.1. The lowest BCUT2D eigenvalue weighted by molar-refractivity contribution is -0.122. The van der Waals surface area contributed by atoms with Gasteiger partial charge in [-0.05, 0) is 31.5 Å². The molecule has 0 fully saturated rings. The van der Waals surface area contributed by atoms with Crippen molar-refractivity contribution in [3.05, 3.63) is 41.2 Å². The van der Waals surface area contributed by atoms with Gasteiger partial charge in [0, 0.05) is 25.4 Å². The predicted octanol–water partition coefficient (Wildman–Crippen LogP) is 2.15. The van der Waals surface area contributed by atoms with Gasteiger partial charge in [-0.2, -0.15) is 13.8 Å². The van der Waals surface area contributed by atoms with E-state index in [-0.39, 0.29) is 11.8 Å². The number of carbonyl (C=O) groups excluding carboxylic acids is 1. The number of nitrogens with zero attached hydrogens (tertiary/aromatic N) is 4. The molecule has 0 bridgehead atoms. The van der Waals surface area contributed by atoms with Crippen LogP contribution < -0.4 is 5.32 Å². The van der Waals surface area contributed by atoms with E-state index in [0.29, 0.717) is 6.54 Å². The highest BCUT2D eigenvalue weighted by Gasteiger charge is 2.19. The number of benzene rings is 1. The molecule has 1 atom stereocenters. The van der Waals surface area contributed by atoms with E-state index in [0.717, 1.165) is 27.9 Å². The van der Waals surface area contributed by atoms with Gasteiger partial charge in [-0.1, -0.05) is 6.07 Å². The number of nitrogens with one attached hydrogen (secondary N) is 1. The molecule has 2 heterocycles. The minimum atomic E-state index is -0.224. The topological polar surface area (TPSA) is 72.7 Å². The van der Waals surface area contributed by atoms with Crippen molar-refractivity contribution in [2.75, 3.05) is 0 Å². The summed E-state index contributed by atoms with van der Waals surface area (Å²) in [4.78, 5) is 12.3. The van der Waals surface area contributed by atoms with Gasteiger partial charge >= 0.3 is 0 Å². The van der Waals surface area contributed by atoms with E-state index in [1.807, 2.05) is 45.3 Å². The van der Waals surface area contributed by atoms with Crippen molar-refractivity contribution in [3.63, 3.8) is 0 Å². The van der Waals surface area contributed by atoms with Crippen LogP contribution >= 0.6 is 11.7 Å². The Morgan fingerprint density at radius 1 is 1.36 bits per heavy atom. The second-order valence-electron chi connectivity index (χ2n) is 5.37. The first-order valence-electron chi connectivity index (χ1n) is 7.03. The van der Waals surface area contributed by atoms with Gasteiger partial charge in [-0.3, -0.25) is 9.48 Å². The number of rotatable bonds is 4. The predicted molar refractivity (Wildman–Crippen MR) is 85.6 cm³/mol. The zero-order valence-corrected chi connectivity index (χ0v) is 13.5. The molecule has 0 saturated heterocycles. The van der Waals surface area contributed by atoms with E-state index in [4.69, 9.17) is 0 Å². The van der Waals surface area contributed by atoms with Crippen LogP contribution in [0.4, 0.5) is 0 Å². The van der Waals surface area contributed by atoms with Gasteiger partial charge in [0.1, 0.15) is 11.0 Å². The molecule has 7 heteroatoms. The van der Waals surface area contributed by atoms with Gasteiger partial charge in [0.15, 0.2) is 0 Å². The van der Waals surface area contributed by atoms with Gasteiger partial charge in [0.25, 0.3) is 0 Å². The summed E-state index contributed by atoms with van der Waals surface area (Å²) in [6.45, 7) is 4.30. The van der Waals surface area contributed by atoms with Crippen LogP contribution in [0.2, 0.25) is 0 Å². The third-order valence-electron chi connectivity index (χ3n) is 3.70. The summed E-state index contributed by atoms with van der Waals surface area (Å²) in [7, 11) is 1.86. The molecule has 0 radical (unpaired) electrons. The molecule has 2 aromatic heterocycles. The van der Waals surface area contributed by atoms with Crippen LogP contribution in [0.25, 0.3) is 11.0 Å². The second-order valence-corrected chi connectivity index (χ2v) is 5.90. The average Bonchev–Trinajstić information content (AvgIpc) is 3.09. The van der Waals surface area contributed by atoms with E-state index < -0.39 is 0 Å². The minimum absolute atomic E-state index is 0.00685. The normalized spacial score (nSPS) is 12.5. The van der Waals surface area contributed by atoms with E-state index in [2.05, 4.69) is 19.2 Å². The van der Waals surface area contributed by atoms with Crippen LogP contribution in [0.15, 0.2) is 24.4 Å². The number of fused-ring (bicyclic) bond motifs is 1. The molecule has 1 aromatic carbocycles. The van der Waals surface area contributed by atoms with E-state index >= 15 is 0 Å². The summed E-state index contributed by atoms with van der Waals surface area (Å²) >= 11 is 1.20. The van der Waals surface area contributed by atoms with Crippen LogP contribution in [0.1, 0.15) is 29.7 Å². The standard InChI is InChI=1S/C15H17N5OS/c1-9(12-8-20(3)17-10(12)2)15(21)16-7-11-4-5-13-14(6-11)19-22-18-13/h4-6,8-9H,7H2,1-3H3,(H,16,21). The molecule has 6 nitrogen and oxygen atoms in total. The molecule has 1 unspecified atom stereocenters. The van der Waals surface area contributed by atoms with Crippen molar-refractivity contribution < 1.29 is 4.79 Å². The van der Waals surface area contributed by atoms with Crippen LogP contribution in [0.5, 0.6) is 0 Å². The van der Waals surface area contributed by atoms with E-state index in [1.165, 1.54) is 11.7 Å². The third-order valence-corrected chi connectivity index (χ3v) is 4.25. The molecule has 1 amide bonds. The number of aryl methyl sites for hydroxylation is 2. The summed E-state index contributed by atoms with van der Waals surface area (Å²) in [6, 6.07) is 5.85. The van der Waals surface area contributed by atoms with Crippen LogP contribution in [0.3, 0.4) is 0 Å². The molecule has 3 aromatic rings. The Labute approximate surface area is 132 Å². The fourth-order valence-electron chi connectivity index (χ4n) is 2.46. The van der Waals surface area contributed by atoms with Crippen molar-refractivity contribution in [1.82, 2.24) is 23.8 Å². The minimum Gasteiger partial charge on any atom is -0.352 e. The first-order chi connectivity index (χ1) is 10.5. The first kappa shape index (κ1) is 14.6. The SMILES string of the molecule is Cc1nn(C)cc1C(C)C(=O)NCc1ccc2nsnc2c1. The number of amides is 1. The van der Waals surface area contributed by atoms with E-state index in [9.17, 15) is 4.79 Å². The Bertz CT molecular complexity index is 822. The number of aromatic nitrogens is 4. The molecule has 0 saturated carbocycles. The maximum atomic E-state index is 12.3. The first-order valence-corrected chi connectivity index (χ1v) is 7.76. The molecule has 0 aliphatic carbocycles. The maximum Gasteiger partial charge on any atom is 0.227 e. The number of carbonyl (C=O) groups is 1. The lowest BCUT2D eigenvalue weighted by Gasteiger charge is -2.11. The van der Waals surface area contributed by atoms with Crippen LogP contribution in [-0.2, 0) is 18.4 Å². The maximum absolute atomic E-state index is 12.3. The van der Waals surface area contributed by atoms with Crippen LogP contribution in [-0.4, -0.2) is 24.4 Å². The molecular formula is C15H17N5OS. The molecule has 0 aliphatic heterocycles. The lowest BCUT2D eigenvalue weighted by Crippen LogP contribution is -2.27. The molecule has 22 heavy (non-hydrogen) atoms. The van der Waals surface area contributed by atoms with Crippen molar-refractivity contribution in [1.29, 1.82) is 0 Å². The summed E-state index contributed by atoms with van der Waals surface area (Å²) < 4.78 is 10.1. The smallest absolute Gasteiger partial charge is 0.227 e. The highest BCUT2D eigenvalue weighted by Crippen LogP contribution is 2.19. The van der Waals surface area contributed by atoms with Crippen molar-refractivity contribution >= 4 is 28.7 Å². The fourth-order valence-corrected chi connectivity index (χ4v) is 2.98. The zero-order valence-electron chi connectivity index (χ0n) is 12.7. The quantitative estimate of drug-likeness (QED) is 0.800. The van der Waals surface area contributed by atoms with E-state index in [1.54, 1.807) is 4.68 Å². The van der Waals surface area contributed by atoms with Crippen molar-refractivity contribution in [3.8, 4) is 0 Å². The molecule has 0 spiro atoms. The molecular weight excluding hydrogens is 298 g/mol. The summed E-state index contributed by atoms with van der Waals surface area (Å²) in [5, 5.41) is 7.25. The monoisotopic (exact) mass is 315 g/mol. The van der Waals surface area contributed by atoms with Gasteiger partial charge < -0.3 is 5.32 Å². The Morgan fingerprint density at radius 2 is 2.14 bits per heavy atom. The van der Waals surface area contributed by atoms with Crippen LogP contribution in [0, 0.1) is 6.92 Å². The van der Waals surface area contributed by atoms with Crippen molar-refractivity contribution in [2.24, 2.45) is 7.05 Å². The molecule has 1 N–H and O–H groups in total. The third kappa shape index (κ3) is 2.85. The Hall–Kier alpha value is -2.28. The lowest BCUT2D eigenvalue weighted by atomic mass is 10.0. The molecule has 114 valence electrons. The summed E-state index contributed by atoms with van der Waals surface area (Å²) in [6.07, 6.45) is 1.90. The van der Waals surface area contributed by atoms with Gasteiger partial charge in [-0.25, -0.2) is 0 Å². The summed E-state index contributed by atoms with van der Waals surface area (Å²) in [5.41, 5.74) is 4.62. The Kier molecular flexibility index (Phi) is 3.89. The van der Waals surface area contributed by atoms with Crippen molar-refractivity contribution in [2.45, 2.75) is 26.3 Å². The average molecular weight is 315 g/mol. The van der Waals surface area contributed by atoms with Gasteiger partial charge in [-0.15, -0.1) is 0 Å². The van der Waals surface area contributed by atoms with Gasteiger partial charge in [0.05, 0.1) is 23.3 Å². The zero-order chi connectivity index (χ0) is 15.7. The highest BCUT2D eigenvalue weighted by molar-refractivity contribution is 7.00. The largest absolute Gasteiger partial charge is 0.352 e. The summed E-state index contributed by atoms with van der Waals surface area (Å²) in [5.74, 6) is -0.231.